The summed E-state index contributed by atoms with van der Waals surface area (Å²) in [4.78, 5) is 4.67. The van der Waals surface area contributed by atoms with Gasteiger partial charge in [0.1, 0.15) is 5.01 Å². The number of aryl methyl sites for hydroxylation is 1. The van der Waals surface area contributed by atoms with Crippen LogP contribution in [0, 0.1) is 5.21 Å². The lowest BCUT2D eigenvalue weighted by Gasteiger charge is -2.01. The first kappa shape index (κ1) is 15.1. The second-order valence-corrected chi connectivity index (χ2v) is 6.70. The van der Waals surface area contributed by atoms with Crippen molar-refractivity contribution in [1.29, 1.82) is 0 Å². The Morgan fingerprint density at radius 2 is 2.00 bits per heavy atom. The van der Waals surface area contributed by atoms with Crippen molar-refractivity contribution in [3.05, 3.63) is 70.5 Å². The Morgan fingerprint density at radius 3 is 2.73 bits per heavy atom. The molecule has 0 aliphatic rings. The van der Waals surface area contributed by atoms with Crippen molar-refractivity contribution in [2.45, 2.75) is 24.1 Å². The number of thiazole rings is 1. The molecular formula is C17H16N2OS2. The van der Waals surface area contributed by atoms with Gasteiger partial charge in [0.15, 0.2) is 6.20 Å². The zero-order chi connectivity index (χ0) is 15.4. The van der Waals surface area contributed by atoms with Crippen LogP contribution in [-0.4, -0.2) is 4.98 Å². The lowest BCUT2D eigenvalue weighted by Crippen LogP contribution is -2.27. The topological polar surface area (TPSA) is 39.8 Å². The second-order valence-electron chi connectivity index (χ2n) is 4.85. The number of nitrogens with zero attached hydrogens (tertiary/aromatic N) is 2. The van der Waals surface area contributed by atoms with Gasteiger partial charge in [-0.05, 0) is 29.8 Å². The molecule has 0 radical (unpaired) electrons. The molecular weight excluding hydrogens is 312 g/mol. The van der Waals surface area contributed by atoms with Crippen molar-refractivity contribution in [1.82, 2.24) is 4.98 Å². The minimum atomic E-state index is 0.698. The third kappa shape index (κ3) is 3.48. The molecule has 0 atom stereocenters. The van der Waals surface area contributed by atoms with Gasteiger partial charge >= 0.3 is 0 Å². The highest BCUT2D eigenvalue weighted by molar-refractivity contribution is 7.98. The van der Waals surface area contributed by atoms with E-state index in [0.717, 1.165) is 27.4 Å². The fourth-order valence-corrected chi connectivity index (χ4v) is 3.80. The molecule has 0 spiro atoms. The number of thioether (sulfide) groups is 1. The molecule has 2 aromatic heterocycles. The monoisotopic (exact) mass is 328 g/mol. The summed E-state index contributed by atoms with van der Waals surface area (Å²) in [6.07, 6.45) is 2.57. The Bertz CT molecular complexity index is 753. The van der Waals surface area contributed by atoms with E-state index in [1.54, 1.807) is 17.4 Å². The fourth-order valence-electron chi connectivity index (χ4n) is 2.06. The van der Waals surface area contributed by atoms with Gasteiger partial charge < -0.3 is 5.21 Å². The first-order valence-corrected chi connectivity index (χ1v) is 8.97. The van der Waals surface area contributed by atoms with Gasteiger partial charge in [-0.2, -0.15) is 4.73 Å². The molecule has 112 valence electrons. The molecule has 2 heterocycles. The van der Waals surface area contributed by atoms with Gasteiger partial charge in [-0.1, -0.05) is 31.2 Å². The number of aromatic nitrogens is 2. The van der Waals surface area contributed by atoms with Crippen molar-refractivity contribution < 1.29 is 4.73 Å². The number of hydrogen-bond acceptors (Lipinski definition) is 4. The molecule has 3 rings (SSSR count). The van der Waals surface area contributed by atoms with Crippen molar-refractivity contribution in [3.8, 4) is 10.6 Å². The van der Waals surface area contributed by atoms with Gasteiger partial charge in [-0.3, -0.25) is 0 Å². The molecule has 1 aromatic carbocycles. The Labute approximate surface area is 138 Å². The number of benzene rings is 1. The first-order valence-electron chi connectivity index (χ1n) is 7.11. The highest BCUT2D eigenvalue weighted by Gasteiger charge is 2.09. The standard InChI is InChI=1S/C17H16N2OS2/c1-2-13-6-8-14(9-7-13)17-18-15(12-22-17)11-21-16-5-3-4-10-19(16)20/h3-10,12H,2,11H2,1H3. The van der Waals surface area contributed by atoms with Crippen molar-refractivity contribution in [2.75, 3.05) is 0 Å². The number of hydrogen-bond donors (Lipinski definition) is 0. The Morgan fingerprint density at radius 1 is 1.18 bits per heavy atom. The van der Waals surface area contributed by atoms with E-state index in [-0.39, 0.29) is 0 Å². The van der Waals surface area contributed by atoms with E-state index >= 15 is 0 Å². The number of rotatable bonds is 5. The van der Waals surface area contributed by atoms with Crippen LogP contribution in [0.3, 0.4) is 0 Å². The average Bonchev–Trinajstić information content (AvgIpc) is 3.03. The van der Waals surface area contributed by atoms with Crippen LogP contribution in [0.25, 0.3) is 10.6 Å². The molecule has 3 aromatic rings. The lowest BCUT2D eigenvalue weighted by molar-refractivity contribution is -0.645. The van der Waals surface area contributed by atoms with Gasteiger partial charge in [0, 0.05) is 28.8 Å². The minimum absolute atomic E-state index is 0.698. The summed E-state index contributed by atoms with van der Waals surface area (Å²) in [5.74, 6) is 0.704. The zero-order valence-corrected chi connectivity index (χ0v) is 13.9. The fraction of sp³-hybridized carbons (Fsp3) is 0.176. The summed E-state index contributed by atoms with van der Waals surface area (Å²) in [5, 5.41) is 15.4. The van der Waals surface area contributed by atoms with Crippen LogP contribution in [0.1, 0.15) is 18.2 Å². The first-order chi connectivity index (χ1) is 10.8. The molecule has 0 amide bonds. The summed E-state index contributed by atoms with van der Waals surface area (Å²) >= 11 is 3.16. The quantitative estimate of drug-likeness (QED) is 0.398. The van der Waals surface area contributed by atoms with Crippen molar-refractivity contribution in [2.24, 2.45) is 0 Å². The van der Waals surface area contributed by atoms with Crippen LogP contribution in [0.4, 0.5) is 0 Å². The Balaban J connectivity index is 1.69. The largest absolute Gasteiger partial charge is 0.618 e. The summed E-state index contributed by atoms with van der Waals surface area (Å²) in [7, 11) is 0. The average molecular weight is 328 g/mol. The van der Waals surface area contributed by atoms with Crippen molar-refractivity contribution in [3.63, 3.8) is 0 Å². The van der Waals surface area contributed by atoms with E-state index in [2.05, 4.69) is 41.6 Å². The van der Waals surface area contributed by atoms with Crippen LogP contribution in [0.2, 0.25) is 0 Å². The SMILES string of the molecule is CCc1ccc(-c2nc(CSc3cccc[n+]3[O-])cs2)cc1. The third-order valence-corrected chi connectivity index (χ3v) is 5.31. The van der Waals surface area contributed by atoms with E-state index in [4.69, 9.17) is 0 Å². The van der Waals surface area contributed by atoms with Crippen LogP contribution in [0.5, 0.6) is 0 Å². The molecule has 0 aliphatic carbocycles. The summed E-state index contributed by atoms with van der Waals surface area (Å²) in [6, 6.07) is 14.0. The smallest absolute Gasteiger partial charge is 0.251 e. The minimum Gasteiger partial charge on any atom is -0.618 e. The number of pyridine rings is 1. The lowest BCUT2D eigenvalue weighted by atomic mass is 10.1. The van der Waals surface area contributed by atoms with E-state index in [9.17, 15) is 5.21 Å². The van der Waals surface area contributed by atoms with E-state index in [1.807, 2.05) is 12.1 Å². The molecule has 3 nitrogen and oxygen atoms in total. The predicted octanol–water partition coefficient (Wildman–Crippen LogP) is 4.30. The maximum Gasteiger partial charge on any atom is 0.251 e. The molecule has 0 saturated carbocycles. The van der Waals surface area contributed by atoms with E-state index in [1.165, 1.54) is 23.5 Å². The predicted molar refractivity (Wildman–Crippen MR) is 91.9 cm³/mol. The van der Waals surface area contributed by atoms with Crippen molar-refractivity contribution >= 4 is 23.1 Å². The molecule has 0 unspecified atom stereocenters. The van der Waals surface area contributed by atoms with Gasteiger partial charge in [-0.25, -0.2) is 4.98 Å². The van der Waals surface area contributed by atoms with Crippen LogP contribution >= 0.6 is 23.1 Å². The summed E-state index contributed by atoms with van der Waals surface area (Å²) in [5.41, 5.74) is 3.49. The summed E-state index contributed by atoms with van der Waals surface area (Å²) in [6.45, 7) is 2.15. The molecule has 0 N–H and O–H groups in total. The van der Waals surface area contributed by atoms with Gasteiger partial charge in [0.25, 0.3) is 5.03 Å². The molecule has 0 saturated heterocycles. The highest BCUT2D eigenvalue weighted by atomic mass is 32.2. The van der Waals surface area contributed by atoms with Gasteiger partial charge in [0.05, 0.1) is 5.69 Å². The van der Waals surface area contributed by atoms with E-state index in [0.29, 0.717) is 10.8 Å². The third-order valence-electron chi connectivity index (χ3n) is 3.32. The highest BCUT2D eigenvalue weighted by Crippen LogP contribution is 2.27. The molecule has 5 heteroatoms. The molecule has 22 heavy (non-hydrogen) atoms. The Hall–Kier alpha value is -1.85. The van der Waals surface area contributed by atoms with Crippen LogP contribution < -0.4 is 4.73 Å². The molecule has 0 aliphatic heterocycles. The van der Waals surface area contributed by atoms with Gasteiger partial charge in [0.2, 0.25) is 0 Å². The van der Waals surface area contributed by atoms with Gasteiger partial charge in [-0.15, -0.1) is 11.3 Å². The van der Waals surface area contributed by atoms with E-state index < -0.39 is 0 Å². The molecule has 0 fully saturated rings. The maximum atomic E-state index is 11.6. The zero-order valence-electron chi connectivity index (χ0n) is 12.2. The van der Waals surface area contributed by atoms with Crippen LogP contribution in [0.15, 0.2) is 59.1 Å². The normalized spacial score (nSPS) is 10.8. The summed E-state index contributed by atoms with van der Waals surface area (Å²) < 4.78 is 0.890. The maximum absolute atomic E-state index is 11.6. The van der Waals surface area contributed by atoms with Crippen LogP contribution in [-0.2, 0) is 12.2 Å². The molecule has 0 bridgehead atoms. The Kier molecular flexibility index (Phi) is 4.75. The second kappa shape index (κ2) is 6.94.